The van der Waals surface area contributed by atoms with E-state index in [-0.39, 0.29) is 12.3 Å². The minimum atomic E-state index is -0.902. The predicted octanol–water partition coefficient (Wildman–Crippen LogP) is 2.39. The first-order chi connectivity index (χ1) is 10.4. The lowest BCUT2D eigenvalue weighted by Gasteiger charge is -2.35. The largest absolute Gasteiger partial charge is 0.496 e. The van der Waals surface area contributed by atoms with E-state index in [0.717, 1.165) is 28.3 Å². The summed E-state index contributed by atoms with van der Waals surface area (Å²) in [5.41, 5.74) is 2.11. The molecule has 1 aromatic rings. The molecule has 0 aromatic heterocycles. The van der Waals surface area contributed by atoms with E-state index in [4.69, 9.17) is 14.2 Å². The quantitative estimate of drug-likeness (QED) is 0.929. The fourth-order valence-electron chi connectivity index (χ4n) is 3.30. The van der Waals surface area contributed by atoms with E-state index in [1.807, 2.05) is 25.2 Å². The van der Waals surface area contributed by atoms with Gasteiger partial charge in [0.15, 0.2) is 6.23 Å². The number of fused-ring (bicyclic) bond motifs is 2. The highest BCUT2D eigenvalue weighted by molar-refractivity contribution is 5.83. The topological polar surface area (TPSA) is 51.2 Å². The summed E-state index contributed by atoms with van der Waals surface area (Å²) in [6.45, 7) is 3.55. The molecule has 2 atom stereocenters. The van der Waals surface area contributed by atoms with Crippen LogP contribution in [0.4, 0.5) is 5.69 Å². The first-order valence-electron chi connectivity index (χ1n) is 7.43. The van der Waals surface area contributed by atoms with E-state index in [2.05, 4.69) is 4.90 Å². The number of hydrogen-bond donors (Lipinski definition) is 1. The van der Waals surface area contributed by atoms with Gasteiger partial charge in [0.25, 0.3) is 0 Å². The molecular formula is C17H23NO4. The highest BCUT2D eigenvalue weighted by Crippen LogP contribution is 2.48. The van der Waals surface area contributed by atoms with Crippen molar-refractivity contribution in [2.75, 3.05) is 26.2 Å². The summed E-state index contributed by atoms with van der Waals surface area (Å²) in [5, 5.41) is 10.3. The highest BCUT2D eigenvalue weighted by Gasteiger charge is 2.45. The third-order valence-corrected chi connectivity index (χ3v) is 4.45. The third-order valence-electron chi connectivity index (χ3n) is 4.45. The molecule has 5 heteroatoms. The molecular weight excluding hydrogens is 282 g/mol. The Hall–Kier alpha value is -1.72. The van der Waals surface area contributed by atoms with Gasteiger partial charge in [-0.1, -0.05) is 6.07 Å². The van der Waals surface area contributed by atoms with Crippen molar-refractivity contribution in [2.24, 2.45) is 0 Å². The van der Waals surface area contributed by atoms with Gasteiger partial charge in [0.05, 0.1) is 31.6 Å². The Morgan fingerprint density at radius 3 is 2.59 bits per heavy atom. The number of nitrogens with zero attached hydrogens (tertiary/aromatic N) is 1. The predicted molar refractivity (Wildman–Crippen MR) is 84.9 cm³/mol. The van der Waals surface area contributed by atoms with Crippen LogP contribution in [0.5, 0.6) is 5.75 Å². The molecule has 0 amide bonds. The monoisotopic (exact) mass is 305 g/mol. The molecule has 2 heterocycles. The minimum absolute atomic E-state index is 0.241. The van der Waals surface area contributed by atoms with Crippen LogP contribution in [0.3, 0.4) is 0 Å². The van der Waals surface area contributed by atoms with Gasteiger partial charge in [-0.05, 0) is 26.0 Å². The zero-order chi connectivity index (χ0) is 16.1. The summed E-state index contributed by atoms with van der Waals surface area (Å²) in [6, 6.07) is 5.90. The van der Waals surface area contributed by atoms with Crippen LogP contribution in [-0.2, 0) is 9.47 Å². The normalized spacial score (nSPS) is 24.2. The van der Waals surface area contributed by atoms with Gasteiger partial charge in [-0.3, -0.25) is 0 Å². The second kappa shape index (κ2) is 5.18. The van der Waals surface area contributed by atoms with E-state index >= 15 is 0 Å². The van der Waals surface area contributed by atoms with E-state index in [0.29, 0.717) is 6.42 Å². The van der Waals surface area contributed by atoms with Crippen LogP contribution in [0.2, 0.25) is 0 Å². The van der Waals surface area contributed by atoms with Gasteiger partial charge in [-0.25, -0.2) is 0 Å². The molecule has 1 aromatic carbocycles. The number of rotatable bonds is 3. The number of likely N-dealkylation sites (N-methyl/N-ethyl adjacent to an activating group) is 1. The zero-order valence-corrected chi connectivity index (χ0v) is 13.7. The van der Waals surface area contributed by atoms with Crippen molar-refractivity contribution in [3.8, 4) is 5.75 Å². The molecule has 0 radical (unpaired) electrons. The number of para-hydroxylation sites is 1. The van der Waals surface area contributed by atoms with Crippen LogP contribution in [0.15, 0.2) is 23.8 Å². The molecule has 0 bridgehead atoms. The molecule has 0 aliphatic carbocycles. The van der Waals surface area contributed by atoms with Crippen molar-refractivity contribution in [1.29, 1.82) is 0 Å². The van der Waals surface area contributed by atoms with Crippen molar-refractivity contribution in [3.05, 3.63) is 29.3 Å². The van der Waals surface area contributed by atoms with Gasteiger partial charge in [-0.2, -0.15) is 0 Å². The lowest BCUT2D eigenvalue weighted by Crippen LogP contribution is -2.40. The molecule has 1 N–H and O–H groups in total. The van der Waals surface area contributed by atoms with Crippen molar-refractivity contribution >= 4 is 11.4 Å². The first-order valence-corrected chi connectivity index (χ1v) is 7.43. The summed E-state index contributed by atoms with van der Waals surface area (Å²) < 4.78 is 17.3. The van der Waals surface area contributed by atoms with Crippen LogP contribution in [0, 0.1) is 0 Å². The van der Waals surface area contributed by atoms with Gasteiger partial charge >= 0.3 is 0 Å². The van der Waals surface area contributed by atoms with Crippen molar-refractivity contribution < 1.29 is 19.3 Å². The average molecular weight is 305 g/mol. The number of hydrogen-bond acceptors (Lipinski definition) is 5. The third kappa shape index (κ3) is 2.16. The van der Waals surface area contributed by atoms with E-state index in [1.54, 1.807) is 28.1 Å². The Bertz CT molecular complexity index is 618. The smallest absolute Gasteiger partial charge is 0.156 e. The SMILES string of the molecule is COC1=C2C[C@H](C(C)(C)O)OC2N(C)c2c(OC)cccc21. The van der Waals surface area contributed by atoms with Gasteiger partial charge in [0.2, 0.25) is 0 Å². The van der Waals surface area contributed by atoms with Gasteiger partial charge < -0.3 is 24.2 Å². The second-order valence-corrected chi connectivity index (χ2v) is 6.36. The van der Waals surface area contributed by atoms with E-state index in [9.17, 15) is 5.11 Å². The summed E-state index contributed by atoms with van der Waals surface area (Å²) in [6.07, 6.45) is 0.147. The van der Waals surface area contributed by atoms with Crippen molar-refractivity contribution in [2.45, 2.75) is 38.2 Å². The summed E-state index contributed by atoms with van der Waals surface area (Å²) in [7, 11) is 5.31. The molecule has 1 saturated heterocycles. The number of anilines is 1. The molecule has 120 valence electrons. The Morgan fingerprint density at radius 1 is 1.27 bits per heavy atom. The van der Waals surface area contributed by atoms with Crippen molar-refractivity contribution in [1.82, 2.24) is 0 Å². The number of aliphatic hydroxyl groups is 1. The van der Waals surface area contributed by atoms with Gasteiger partial charge in [0.1, 0.15) is 11.5 Å². The van der Waals surface area contributed by atoms with E-state index in [1.165, 1.54) is 0 Å². The lowest BCUT2D eigenvalue weighted by atomic mass is 9.93. The molecule has 2 aliphatic heterocycles. The highest BCUT2D eigenvalue weighted by atomic mass is 16.5. The Labute approximate surface area is 131 Å². The minimum Gasteiger partial charge on any atom is -0.496 e. The fraction of sp³-hybridized carbons (Fsp3) is 0.529. The Balaban J connectivity index is 2.13. The fourth-order valence-corrected chi connectivity index (χ4v) is 3.30. The summed E-state index contributed by atoms with van der Waals surface area (Å²) in [4.78, 5) is 2.05. The summed E-state index contributed by atoms with van der Waals surface area (Å²) >= 11 is 0. The Kier molecular flexibility index (Phi) is 3.57. The van der Waals surface area contributed by atoms with Crippen molar-refractivity contribution in [3.63, 3.8) is 0 Å². The molecule has 0 spiro atoms. The van der Waals surface area contributed by atoms with Crippen LogP contribution in [0.1, 0.15) is 25.8 Å². The molecule has 22 heavy (non-hydrogen) atoms. The van der Waals surface area contributed by atoms with Crippen LogP contribution < -0.4 is 9.64 Å². The molecule has 3 rings (SSSR count). The summed E-state index contributed by atoms with van der Waals surface area (Å²) in [5.74, 6) is 1.60. The zero-order valence-electron chi connectivity index (χ0n) is 13.7. The van der Waals surface area contributed by atoms with Crippen LogP contribution in [0.25, 0.3) is 5.76 Å². The molecule has 5 nitrogen and oxygen atoms in total. The molecule has 2 aliphatic rings. The number of benzene rings is 1. The maximum absolute atomic E-state index is 10.3. The average Bonchev–Trinajstić information content (AvgIpc) is 2.92. The molecule has 1 unspecified atom stereocenters. The standard InChI is InChI=1S/C17H23NO4/c1-17(2,19)13-9-11-15(21-5)10-7-6-8-12(20-4)14(10)18(3)16(11)22-13/h6-8,13,16,19H,9H2,1-5H3/t13-,16?/m1/s1. The molecule has 1 fully saturated rings. The number of methoxy groups -OCH3 is 2. The van der Waals surface area contributed by atoms with Crippen LogP contribution in [-0.4, -0.2) is 44.3 Å². The number of ether oxygens (including phenoxy) is 3. The lowest BCUT2D eigenvalue weighted by molar-refractivity contribution is -0.0807. The first kappa shape index (κ1) is 15.2. The maximum Gasteiger partial charge on any atom is 0.156 e. The van der Waals surface area contributed by atoms with E-state index < -0.39 is 5.60 Å². The maximum atomic E-state index is 10.3. The second-order valence-electron chi connectivity index (χ2n) is 6.36. The van der Waals surface area contributed by atoms with Gasteiger partial charge in [-0.15, -0.1) is 0 Å². The molecule has 0 saturated carbocycles. The Morgan fingerprint density at radius 2 is 2.00 bits per heavy atom. The van der Waals surface area contributed by atoms with Crippen LogP contribution >= 0.6 is 0 Å². The van der Waals surface area contributed by atoms with Gasteiger partial charge in [0, 0.05) is 24.6 Å².